The van der Waals surface area contributed by atoms with Gasteiger partial charge in [0.1, 0.15) is 19.3 Å². The molecule has 16 nitrogen and oxygen atoms in total. The molecule has 0 spiro atoms. The fourth-order valence-corrected chi connectivity index (χ4v) is 9.52. The van der Waals surface area contributed by atoms with Gasteiger partial charge in [0, 0.05) is 55.1 Å². The van der Waals surface area contributed by atoms with Gasteiger partial charge >= 0.3 is 0 Å². The molecule has 0 unspecified atom stereocenters. The van der Waals surface area contributed by atoms with E-state index in [1.807, 2.05) is 94.0 Å². The number of carbonyl (C=O) groups excluding carboxylic acids is 3. The van der Waals surface area contributed by atoms with Crippen molar-refractivity contribution in [1.29, 1.82) is 5.26 Å². The number of rotatable bonds is 26. The number of aliphatic hydroxyl groups is 1. The number of benzene rings is 3. The number of ketones is 1. The third-order valence-electron chi connectivity index (χ3n) is 12.5. The van der Waals surface area contributed by atoms with Crippen molar-refractivity contribution in [2.24, 2.45) is 11.3 Å². The summed E-state index contributed by atoms with van der Waals surface area (Å²) in [6.45, 7) is 11.2. The maximum atomic E-state index is 14.0. The fraction of sp³-hybridized carbons (Fsp3) is 0.472. The van der Waals surface area contributed by atoms with Crippen molar-refractivity contribution in [3.05, 3.63) is 94.3 Å². The number of nitrogens with zero attached hydrogens (tertiary/aromatic N) is 4. The van der Waals surface area contributed by atoms with Crippen LogP contribution in [0.3, 0.4) is 0 Å². The number of aliphatic hydroxyl groups excluding tert-OH is 1. The highest BCUT2D eigenvalue weighted by Gasteiger charge is 2.44. The second-order valence-corrected chi connectivity index (χ2v) is 19.3. The second kappa shape index (κ2) is 24.8. The number of nitriles is 1. The molecule has 2 aromatic heterocycles. The van der Waals surface area contributed by atoms with E-state index in [9.17, 15) is 24.8 Å². The molecule has 2 amide bonds. The Bertz CT molecular complexity index is 2630. The first kappa shape index (κ1) is 52.0. The number of likely N-dealkylation sites (tertiary alicyclic amines) is 1. The number of aromatic nitrogens is 2. The number of nitrogens with one attached hydrogen (secondary N) is 1. The molecule has 2 aliphatic rings. The molecule has 3 aromatic carbocycles. The topological polar surface area (TPSA) is 201 Å². The van der Waals surface area contributed by atoms with Gasteiger partial charge in [0.05, 0.1) is 106 Å². The molecule has 5 aromatic rings. The molecule has 0 saturated carbocycles. The van der Waals surface area contributed by atoms with Crippen molar-refractivity contribution >= 4 is 39.8 Å². The first-order valence-corrected chi connectivity index (χ1v) is 24.5. The van der Waals surface area contributed by atoms with Gasteiger partial charge in [-0.25, -0.2) is 4.98 Å². The zero-order valence-electron chi connectivity index (χ0n) is 40.6. The number of carbonyl (C=O) groups is 3. The minimum atomic E-state index is -0.846. The summed E-state index contributed by atoms with van der Waals surface area (Å²) in [6.07, 6.45) is 1.83. The zero-order valence-corrected chi connectivity index (χ0v) is 41.4. The number of aryl methyl sites for hydroxylation is 1. The van der Waals surface area contributed by atoms with Crippen molar-refractivity contribution in [3.8, 4) is 39.1 Å². The highest BCUT2D eigenvalue weighted by molar-refractivity contribution is 7.13. The summed E-state index contributed by atoms with van der Waals surface area (Å²) in [7, 11) is 1.61. The number of amides is 2. The van der Waals surface area contributed by atoms with Crippen molar-refractivity contribution in [3.63, 3.8) is 0 Å². The lowest BCUT2D eigenvalue weighted by molar-refractivity contribution is -0.146. The SMILES string of the molecule is COc1cc2c3c(cnc2cc1OCCOCCOCCOCCOCCOCC(=O)C[C@H](C(=O)N1C[C@H](O)C[C@H]1C(=O)NCc1ccc(-c2scnc2C)cc1)C(C)(C)C)-c1ccc(C#N)cc1C3. The lowest BCUT2D eigenvalue weighted by Gasteiger charge is -2.34. The van der Waals surface area contributed by atoms with Crippen LogP contribution in [0.25, 0.3) is 32.5 Å². The van der Waals surface area contributed by atoms with Crippen LogP contribution in [-0.4, -0.2) is 136 Å². The molecule has 3 atom stereocenters. The molecule has 1 fully saturated rings. The number of ether oxygens (including phenoxy) is 7. The van der Waals surface area contributed by atoms with E-state index < -0.39 is 23.5 Å². The number of Topliss-reactive ketones (excluding diaryl/α,β-unsaturated/α-hetero) is 1. The summed E-state index contributed by atoms with van der Waals surface area (Å²) < 4.78 is 39.7. The van der Waals surface area contributed by atoms with E-state index in [-0.39, 0.29) is 63.3 Å². The third kappa shape index (κ3) is 13.5. The van der Waals surface area contributed by atoms with Gasteiger partial charge < -0.3 is 48.5 Å². The second-order valence-electron chi connectivity index (χ2n) is 18.4. The summed E-state index contributed by atoms with van der Waals surface area (Å²) in [4.78, 5) is 52.0. The molecule has 17 heteroatoms. The number of hydrogen-bond acceptors (Lipinski definition) is 15. The van der Waals surface area contributed by atoms with Crippen LogP contribution >= 0.6 is 11.3 Å². The van der Waals surface area contributed by atoms with Gasteiger partial charge in [0.15, 0.2) is 17.3 Å². The van der Waals surface area contributed by atoms with Gasteiger partial charge in [-0.15, -0.1) is 11.3 Å². The minimum absolute atomic E-state index is 0.0218. The standard InChI is InChI=1S/C53H63N5O11S/c1-34-50(70-33-57-34)37-9-6-35(7-10-37)29-56-51(61)47-25-39(59)31-58(47)52(62)45(53(2,3)4)24-40(60)32-68-19-18-66-15-14-64-12-13-65-16-17-67-20-21-69-49-27-46-43(26-48(49)63-5)42-23-38-22-36(28-54)8-11-41(38)44(42)30-55-46/h6-11,22,26-27,30,33,39,45,47,59H,12-21,23-25,29,31-32H2,1-5H3,(H,56,61)/t39-,45-,47+/m1/s1. The quantitative estimate of drug-likeness (QED) is 0.0560. The smallest absolute Gasteiger partial charge is 0.243 e. The van der Waals surface area contributed by atoms with Gasteiger partial charge in [0.2, 0.25) is 11.8 Å². The lowest BCUT2D eigenvalue weighted by atomic mass is 9.77. The van der Waals surface area contributed by atoms with Crippen LogP contribution in [-0.2, 0) is 51.0 Å². The Morgan fingerprint density at radius 2 is 1.54 bits per heavy atom. The van der Waals surface area contributed by atoms with Crippen molar-refractivity contribution < 1.29 is 52.6 Å². The van der Waals surface area contributed by atoms with Crippen LogP contribution in [0.1, 0.15) is 61.6 Å². The number of methoxy groups -OCH3 is 1. The first-order chi connectivity index (χ1) is 33.8. The van der Waals surface area contributed by atoms with Gasteiger partial charge in [-0.2, -0.15) is 5.26 Å². The van der Waals surface area contributed by atoms with Crippen LogP contribution in [0.4, 0.5) is 0 Å². The third-order valence-corrected chi connectivity index (χ3v) is 13.4. The molecule has 1 saturated heterocycles. The normalized spacial score (nSPS) is 15.6. The maximum absolute atomic E-state index is 14.0. The van der Waals surface area contributed by atoms with Crippen LogP contribution in [0.15, 0.2) is 66.3 Å². The molecule has 372 valence electrons. The molecule has 1 aliphatic heterocycles. The Morgan fingerprint density at radius 1 is 0.871 bits per heavy atom. The Hall–Kier alpha value is -5.84. The summed E-state index contributed by atoms with van der Waals surface area (Å²) >= 11 is 1.58. The number of pyridine rings is 1. The van der Waals surface area contributed by atoms with Gasteiger partial charge in [-0.1, -0.05) is 51.1 Å². The van der Waals surface area contributed by atoms with E-state index >= 15 is 0 Å². The van der Waals surface area contributed by atoms with Gasteiger partial charge in [0.25, 0.3) is 0 Å². The van der Waals surface area contributed by atoms with E-state index in [1.54, 1.807) is 18.4 Å². The van der Waals surface area contributed by atoms with E-state index in [2.05, 4.69) is 16.4 Å². The molecule has 0 bridgehead atoms. The average Bonchev–Trinajstić information content (AvgIpc) is 4.08. The molecule has 7 rings (SSSR count). The number of thiazole rings is 1. The fourth-order valence-electron chi connectivity index (χ4n) is 8.71. The first-order valence-electron chi connectivity index (χ1n) is 23.7. The average molecular weight is 978 g/mol. The van der Waals surface area contributed by atoms with Crippen molar-refractivity contribution in [2.45, 2.75) is 65.6 Å². The molecule has 3 heterocycles. The Balaban J connectivity index is 0.709. The number of hydrogen-bond donors (Lipinski definition) is 2. The predicted octanol–water partition coefficient (Wildman–Crippen LogP) is 6.48. The van der Waals surface area contributed by atoms with E-state index in [0.29, 0.717) is 69.9 Å². The lowest BCUT2D eigenvalue weighted by Crippen LogP contribution is -2.50. The van der Waals surface area contributed by atoms with Gasteiger partial charge in [-0.05, 0) is 64.8 Å². The van der Waals surface area contributed by atoms with Crippen molar-refractivity contribution in [1.82, 2.24) is 20.2 Å². The monoisotopic (exact) mass is 977 g/mol. The molecule has 0 radical (unpaired) electrons. The molecule has 1 aliphatic carbocycles. The summed E-state index contributed by atoms with van der Waals surface area (Å²) in [5, 5.41) is 23.8. The summed E-state index contributed by atoms with van der Waals surface area (Å²) in [5.41, 5.74) is 10.1. The molecular formula is C53H63N5O11S. The Kier molecular flexibility index (Phi) is 18.4. The minimum Gasteiger partial charge on any atom is -0.493 e. The van der Waals surface area contributed by atoms with Crippen LogP contribution in [0.5, 0.6) is 11.5 Å². The molecule has 70 heavy (non-hydrogen) atoms. The summed E-state index contributed by atoms with van der Waals surface area (Å²) in [5.74, 6) is -0.439. The molecular weight excluding hydrogens is 915 g/mol. The van der Waals surface area contributed by atoms with Crippen molar-refractivity contribution in [2.75, 3.05) is 86.3 Å². The predicted molar refractivity (Wildman–Crippen MR) is 264 cm³/mol. The summed E-state index contributed by atoms with van der Waals surface area (Å²) in [6, 6.07) is 18.9. The highest BCUT2D eigenvalue weighted by atomic mass is 32.1. The van der Waals surface area contributed by atoms with E-state index in [4.69, 9.17) is 38.1 Å². The van der Waals surface area contributed by atoms with E-state index in [0.717, 1.165) is 61.3 Å². The number of fused-ring (bicyclic) bond motifs is 5. The van der Waals surface area contributed by atoms with Crippen LogP contribution in [0, 0.1) is 29.6 Å². The zero-order chi connectivity index (χ0) is 49.6. The van der Waals surface area contributed by atoms with Gasteiger partial charge in [-0.3, -0.25) is 19.4 Å². The van der Waals surface area contributed by atoms with E-state index in [1.165, 1.54) is 4.90 Å². The molecule has 2 N–H and O–H groups in total. The maximum Gasteiger partial charge on any atom is 0.243 e. The largest absolute Gasteiger partial charge is 0.493 e. The Labute approximate surface area is 413 Å². The highest BCUT2D eigenvalue weighted by Crippen LogP contribution is 2.43. The van der Waals surface area contributed by atoms with Crippen LogP contribution < -0.4 is 14.8 Å². The Morgan fingerprint density at radius 3 is 2.17 bits per heavy atom. The number of β-amino-alcohol motifs (C(OH)–C–C–N with tert-alkyl or cyclic N) is 1. The van der Waals surface area contributed by atoms with Crippen LogP contribution in [0.2, 0.25) is 0 Å².